The molecule has 2 rings (SSSR count). The Bertz CT molecular complexity index is 894. The van der Waals surface area contributed by atoms with E-state index in [2.05, 4.69) is 4.72 Å². The highest BCUT2D eigenvalue weighted by molar-refractivity contribution is 7.89. The molecular weight excluding hydrogens is 324 g/mol. The van der Waals surface area contributed by atoms with Crippen molar-refractivity contribution in [2.75, 3.05) is 0 Å². The van der Waals surface area contributed by atoms with Crippen molar-refractivity contribution in [2.24, 2.45) is 13.0 Å². The fraction of sp³-hybridized carbons (Fsp3) is 0.429. The number of aliphatic carboxylic acids is 1. The van der Waals surface area contributed by atoms with Gasteiger partial charge < -0.3 is 9.52 Å². The molecule has 1 aromatic carbocycles. The summed E-state index contributed by atoms with van der Waals surface area (Å²) in [7, 11) is -2.54. The van der Waals surface area contributed by atoms with Crippen molar-refractivity contribution in [3.63, 3.8) is 0 Å². The quantitative estimate of drug-likeness (QED) is 0.805. The Hall–Kier alpha value is -2.13. The highest BCUT2D eigenvalue weighted by Crippen LogP contribution is 2.19. The standard InChI is InChI=1S/C14H18N2O6S/c1-8(2)6-10(13(17)18)15-23(20,21)9-4-5-11-12(7-9)22-14(19)16(11)3/h4-5,7-8,10,15H,6H2,1-3H3,(H,17,18). The monoisotopic (exact) mass is 342 g/mol. The minimum absolute atomic E-state index is 0.00780. The maximum atomic E-state index is 12.4. The summed E-state index contributed by atoms with van der Waals surface area (Å²) in [5.74, 6) is -1.84. The van der Waals surface area contributed by atoms with Gasteiger partial charge in [-0.15, -0.1) is 0 Å². The van der Waals surface area contributed by atoms with E-state index < -0.39 is 27.8 Å². The molecule has 1 unspecified atom stereocenters. The van der Waals surface area contributed by atoms with Crippen LogP contribution in [-0.2, 0) is 21.9 Å². The van der Waals surface area contributed by atoms with Crippen molar-refractivity contribution in [2.45, 2.75) is 31.2 Å². The minimum Gasteiger partial charge on any atom is -0.480 e. The van der Waals surface area contributed by atoms with Crippen LogP contribution >= 0.6 is 0 Å². The molecule has 0 fully saturated rings. The summed E-state index contributed by atoms with van der Waals surface area (Å²) in [5.41, 5.74) is 0.571. The molecule has 0 aliphatic carbocycles. The summed E-state index contributed by atoms with van der Waals surface area (Å²) in [5, 5.41) is 9.15. The van der Waals surface area contributed by atoms with Crippen LogP contribution in [0.15, 0.2) is 32.3 Å². The van der Waals surface area contributed by atoms with E-state index in [0.717, 1.165) is 0 Å². The zero-order valence-corrected chi connectivity index (χ0v) is 13.8. The predicted octanol–water partition coefficient (Wildman–Crippen LogP) is 0.909. The number of aromatic nitrogens is 1. The summed E-state index contributed by atoms with van der Waals surface area (Å²) in [6, 6.07) is 2.72. The van der Waals surface area contributed by atoms with Crippen LogP contribution in [-0.4, -0.2) is 30.1 Å². The van der Waals surface area contributed by atoms with Gasteiger partial charge in [0.25, 0.3) is 0 Å². The van der Waals surface area contributed by atoms with Gasteiger partial charge in [0.2, 0.25) is 10.0 Å². The first-order valence-electron chi connectivity index (χ1n) is 6.96. The van der Waals surface area contributed by atoms with Gasteiger partial charge in [-0.3, -0.25) is 9.36 Å². The number of fused-ring (bicyclic) bond motifs is 1. The van der Waals surface area contributed by atoms with Crippen molar-refractivity contribution in [3.05, 3.63) is 28.7 Å². The molecule has 0 saturated carbocycles. The van der Waals surface area contributed by atoms with E-state index in [1.165, 1.54) is 29.8 Å². The molecule has 9 heteroatoms. The largest absolute Gasteiger partial charge is 0.480 e. The summed E-state index contributed by atoms with van der Waals surface area (Å²) >= 11 is 0. The van der Waals surface area contributed by atoms with Crippen molar-refractivity contribution in [3.8, 4) is 0 Å². The van der Waals surface area contributed by atoms with Crippen molar-refractivity contribution < 1.29 is 22.7 Å². The van der Waals surface area contributed by atoms with Gasteiger partial charge >= 0.3 is 11.7 Å². The number of aryl methyl sites for hydroxylation is 1. The molecule has 1 heterocycles. The molecule has 1 aromatic heterocycles. The maximum absolute atomic E-state index is 12.4. The van der Waals surface area contributed by atoms with Crippen LogP contribution in [0.2, 0.25) is 0 Å². The summed E-state index contributed by atoms with van der Waals surface area (Å²) < 4.78 is 33.1. The van der Waals surface area contributed by atoms with Gasteiger partial charge in [0.05, 0.1) is 10.4 Å². The van der Waals surface area contributed by atoms with Crippen LogP contribution in [0.1, 0.15) is 20.3 Å². The highest BCUT2D eigenvalue weighted by atomic mass is 32.2. The number of nitrogens with one attached hydrogen (secondary N) is 1. The number of carboxylic acids is 1. The molecule has 0 bridgehead atoms. The van der Waals surface area contributed by atoms with E-state index in [1.807, 2.05) is 0 Å². The van der Waals surface area contributed by atoms with Crippen LogP contribution in [0.4, 0.5) is 0 Å². The van der Waals surface area contributed by atoms with Gasteiger partial charge in [0, 0.05) is 13.1 Å². The number of benzene rings is 1. The smallest absolute Gasteiger partial charge is 0.419 e. The average Bonchev–Trinajstić information content (AvgIpc) is 2.72. The van der Waals surface area contributed by atoms with Gasteiger partial charge in [-0.05, 0) is 24.5 Å². The minimum atomic E-state index is -4.05. The van der Waals surface area contributed by atoms with E-state index in [4.69, 9.17) is 9.52 Å². The molecule has 0 spiro atoms. The van der Waals surface area contributed by atoms with E-state index in [1.54, 1.807) is 13.8 Å². The zero-order valence-electron chi connectivity index (χ0n) is 12.9. The number of rotatable bonds is 6. The van der Waals surface area contributed by atoms with E-state index in [0.29, 0.717) is 5.52 Å². The lowest BCUT2D eigenvalue weighted by Gasteiger charge is -2.16. The zero-order chi connectivity index (χ0) is 17.4. The van der Waals surface area contributed by atoms with Crippen molar-refractivity contribution in [1.29, 1.82) is 0 Å². The normalized spacial score (nSPS) is 13.6. The molecule has 23 heavy (non-hydrogen) atoms. The number of hydrogen-bond acceptors (Lipinski definition) is 5. The third-order valence-corrected chi connectivity index (χ3v) is 4.85. The molecule has 0 saturated heterocycles. The third-order valence-electron chi connectivity index (χ3n) is 3.38. The maximum Gasteiger partial charge on any atom is 0.419 e. The van der Waals surface area contributed by atoms with Gasteiger partial charge in [0.1, 0.15) is 6.04 Å². The fourth-order valence-electron chi connectivity index (χ4n) is 2.21. The summed E-state index contributed by atoms with van der Waals surface area (Å²) in [6.07, 6.45) is 0.164. The van der Waals surface area contributed by atoms with Crippen LogP contribution in [0.25, 0.3) is 11.1 Å². The average molecular weight is 342 g/mol. The second kappa shape index (κ2) is 6.17. The molecule has 126 valence electrons. The summed E-state index contributed by atoms with van der Waals surface area (Å²) in [6.45, 7) is 3.60. The SMILES string of the molecule is CC(C)CC(NS(=O)(=O)c1ccc2c(c1)oc(=O)n2C)C(=O)O. The number of hydrogen-bond donors (Lipinski definition) is 2. The van der Waals surface area contributed by atoms with Crippen LogP contribution in [0.3, 0.4) is 0 Å². The first kappa shape index (κ1) is 17.2. The summed E-state index contributed by atoms with van der Waals surface area (Å²) in [4.78, 5) is 22.5. The number of carbonyl (C=O) groups is 1. The Balaban J connectivity index is 2.38. The molecule has 0 aliphatic rings. The molecule has 2 aromatic rings. The van der Waals surface area contributed by atoms with Crippen LogP contribution in [0.5, 0.6) is 0 Å². The Morgan fingerprint density at radius 1 is 1.39 bits per heavy atom. The Kier molecular flexibility index (Phi) is 4.62. The molecule has 0 aliphatic heterocycles. The lowest BCUT2D eigenvalue weighted by atomic mass is 10.1. The molecule has 2 N–H and O–H groups in total. The Morgan fingerprint density at radius 2 is 2.04 bits per heavy atom. The van der Waals surface area contributed by atoms with E-state index in [9.17, 15) is 18.0 Å². The van der Waals surface area contributed by atoms with Crippen molar-refractivity contribution >= 4 is 27.1 Å². The van der Waals surface area contributed by atoms with Gasteiger partial charge in [-0.1, -0.05) is 13.8 Å². The Labute approximate surface area is 132 Å². The number of oxazole rings is 1. The second-order valence-electron chi connectivity index (χ2n) is 5.70. The topological polar surface area (TPSA) is 119 Å². The van der Waals surface area contributed by atoms with E-state index >= 15 is 0 Å². The molecule has 8 nitrogen and oxygen atoms in total. The van der Waals surface area contributed by atoms with Gasteiger partial charge in [-0.2, -0.15) is 4.72 Å². The highest BCUT2D eigenvalue weighted by Gasteiger charge is 2.26. The number of sulfonamides is 1. The van der Waals surface area contributed by atoms with Gasteiger partial charge in [-0.25, -0.2) is 13.2 Å². The lowest BCUT2D eigenvalue weighted by Crippen LogP contribution is -2.41. The molecule has 0 radical (unpaired) electrons. The van der Waals surface area contributed by atoms with Crippen LogP contribution < -0.4 is 10.5 Å². The molecule has 1 atom stereocenters. The number of nitrogens with zero attached hydrogens (tertiary/aromatic N) is 1. The third kappa shape index (κ3) is 3.62. The van der Waals surface area contributed by atoms with E-state index in [-0.39, 0.29) is 22.8 Å². The number of carboxylic acid groups (broad SMARTS) is 1. The molecule has 0 amide bonds. The van der Waals surface area contributed by atoms with Crippen LogP contribution in [0, 0.1) is 5.92 Å². The lowest BCUT2D eigenvalue weighted by molar-refractivity contribution is -0.139. The fourth-order valence-corrected chi connectivity index (χ4v) is 3.42. The first-order valence-corrected chi connectivity index (χ1v) is 8.45. The first-order chi connectivity index (χ1) is 10.6. The second-order valence-corrected chi connectivity index (χ2v) is 7.41. The Morgan fingerprint density at radius 3 is 2.61 bits per heavy atom. The predicted molar refractivity (Wildman–Crippen MR) is 82.7 cm³/mol. The van der Waals surface area contributed by atoms with Crippen molar-refractivity contribution in [1.82, 2.24) is 9.29 Å². The molecular formula is C14H18N2O6S. The van der Waals surface area contributed by atoms with Gasteiger partial charge in [0.15, 0.2) is 5.58 Å².